The lowest BCUT2D eigenvalue weighted by Crippen LogP contribution is -2.05. The summed E-state index contributed by atoms with van der Waals surface area (Å²) in [5.74, 6) is 0.667. The molecule has 0 aliphatic heterocycles. The molecule has 4 heterocycles. The second kappa shape index (κ2) is 12.6. The van der Waals surface area contributed by atoms with E-state index in [2.05, 4.69) is 126 Å². The average molecular weight is 735 g/mol. The van der Waals surface area contributed by atoms with Crippen LogP contribution < -0.4 is 0 Å². The van der Waals surface area contributed by atoms with Gasteiger partial charge in [0.2, 0.25) is 5.89 Å². The molecule has 5 heteroatoms. The number of rotatable bonds is 7. The van der Waals surface area contributed by atoms with E-state index >= 15 is 0 Å². The predicted octanol–water partition coefficient (Wildman–Crippen LogP) is 14.2. The van der Waals surface area contributed by atoms with Gasteiger partial charge in [-0.05, 0) is 102 Å². The van der Waals surface area contributed by atoms with Crippen molar-refractivity contribution >= 4 is 76.8 Å². The van der Waals surface area contributed by atoms with Gasteiger partial charge in [-0.15, -0.1) is 0 Å². The highest BCUT2D eigenvalue weighted by Gasteiger charge is 2.23. The van der Waals surface area contributed by atoms with Crippen LogP contribution in [0.5, 0.6) is 0 Å². The van der Waals surface area contributed by atoms with Gasteiger partial charge in [0.25, 0.3) is 0 Å². The summed E-state index contributed by atoms with van der Waals surface area (Å²) in [5.41, 5.74) is 13.3. The second-order valence-electron chi connectivity index (χ2n) is 15.0. The molecule has 4 aromatic heterocycles. The van der Waals surface area contributed by atoms with Crippen LogP contribution in [0, 0.1) is 0 Å². The molecule has 0 spiro atoms. The molecule has 0 saturated heterocycles. The number of aryl methyl sites for hydroxylation is 1. The zero-order valence-corrected chi connectivity index (χ0v) is 30.9. The minimum atomic E-state index is 0.0658. The Labute approximate surface area is 327 Å². The first-order valence-corrected chi connectivity index (χ1v) is 19.5. The van der Waals surface area contributed by atoms with Crippen LogP contribution in [-0.4, -0.2) is 9.55 Å². The van der Waals surface area contributed by atoms with Crippen molar-refractivity contribution in [3.63, 3.8) is 0 Å². The van der Waals surface area contributed by atoms with Crippen LogP contribution in [0.3, 0.4) is 0 Å². The van der Waals surface area contributed by atoms with Gasteiger partial charge in [0.05, 0.1) is 16.4 Å². The fraction of sp³-hybridized carbons (Fsp3) is 0.0577. The van der Waals surface area contributed by atoms with Crippen LogP contribution >= 0.6 is 0 Å². The molecule has 1 unspecified atom stereocenters. The molecule has 0 fully saturated rings. The largest absolute Gasteiger partial charge is 0.456 e. The number of hydrogen-bond donors (Lipinski definition) is 0. The summed E-state index contributed by atoms with van der Waals surface area (Å²) >= 11 is 0. The Morgan fingerprint density at radius 1 is 0.491 bits per heavy atom. The third kappa shape index (κ3) is 5.05. The molecule has 0 saturated carbocycles. The maximum absolute atomic E-state index is 6.53. The highest BCUT2D eigenvalue weighted by atomic mass is 16.4. The van der Waals surface area contributed by atoms with Gasteiger partial charge in [-0.25, -0.2) is 4.98 Å². The SMILES string of the molecule is c1ccc(-c2nc3ccc4oc5ccc(C(CCc6cccc7c8ccccc8n(-c8ccccc8)c67)c6ccc7oc8ccccc8c7c6)cc5c4c3o2)cc1. The van der Waals surface area contributed by atoms with E-state index in [-0.39, 0.29) is 5.92 Å². The Morgan fingerprint density at radius 3 is 1.98 bits per heavy atom. The van der Waals surface area contributed by atoms with Crippen molar-refractivity contribution in [2.45, 2.75) is 18.8 Å². The topological polar surface area (TPSA) is 57.2 Å². The Kier molecular flexibility index (Phi) is 7.05. The normalized spacial score (nSPS) is 12.6. The summed E-state index contributed by atoms with van der Waals surface area (Å²) in [6.45, 7) is 0. The number of benzene rings is 8. The van der Waals surface area contributed by atoms with E-state index in [0.717, 1.165) is 79.1 Å². The van der Waals surface area contributed by atoms with Gasteiger partial charge in [0.1, 0.15) is 27.8 Å². The van der Waals surface area contributed by atoms with E-state index in [1.165, 1.54) is 38.5 Å². The van der Waals surface area contributed by atoms with Crippen molar-refractivity contribution in [3.05, 3.63) is 193 Å². The lowest BCUT2D eigenvalue weighted by atomic mass is 9.85. The number of furan rings is 2. The summed E-state index contributed by atoms with van der Waals surface area (Å²) in [6.07, 6.45) is 1.75. The van der Waals surface area contributed by atoms with Gasteiger partial charge < -0.3 is 17.8 Å². The monoisotopic (exact) mass is 734 g/mol. The first kappa shape index (κ1) is 31.9. The third-order valence-corrected chi connectivity index (χ3v) is 11.7. The first-order valence-electron chi connectivity index (χ1n) is 19.5. The Bertz CT molecular complexity index is 3480. The molecular formula is C52H34N2O3. The van der Waals surface area contributed by atoms with Crippen molar-refractivity contribution in [3.8, 4) is 17.1 Å². The summed E-state index contributed by atoms with van der Waals surface area (Å²) in [4.78, 5) is 4.89. The molecule has 0 radical (unpaired) electrons. The van der Waals surface area contributed by atoms with Gasteiger partial charge >= 0.3 is 0 Å². The predicted molar refractivity (Wildman–Crippen MR) is 231 cm³/mol. The van der Waals surface area contributed by atoms with E-state index in [1.54, 1.807) is 0 Å². The van der Waals surface area contributed by atoms with E-state index in [0.29, 0.717) is 5.89 Å². The molecule has 8 aromatic carbocycles. The van der Waals surface area contributed by atoms with Crippen molar-refractivity contribution in [2.24, 2.45) is 0 Å². The van der Waals surface area contributed by atoms with Gasteiger partial charge in [-0.1, -0.05) is 103 Å². The Balaban J connectivity index is 1.04. The van der Waals surface area contributed by atoms with Crippen molar-refractivity contribution in [1.82, 2.24) is 9.55 Å². The lowest BCUT2D eigenvalue weighted by Gasteiger charge is -2.20. The van der Waals surface area contributed by atoms with E-state index in [4.69, 9.17) is 18.2 Å². The Hall–Kier alpha value is -7.37. The molecule has 12 rings (SSSR count). The molecule has 0 aliphatic carbocycles. The summed E-state index contributed by atoms with van der Waals surface area (Å²) < 4.78 is 21.7. The highest BCUT2D eigenvalue weighted by molar-refractivity contribution is 6.16. The highest BCUT2D eigenvalue weighted by Crippen LogP contribution is 2.42. The molecule has 0 aliphatic rings. The summed E-state index contributed by atoms with van der Waals surface area (Å²) in [7, 11) is 0. The first-order chi connectivity index (χ1) is 28.2. The van der Waals surface area contributed by atoms with Crippen LogP contribution in [0.4, 0.5) is 0 Å². The molecule has 0 N–H and O–H groups in total. The van der Waals surface area contributed by atoms with Crippen LogP contribution in [0.2, 0.25) is 0 Å². The standard InChI is InChI=1S/C52H34N2O3/c1-3-12-33(13-4-1)52-53-43-26-29-48-49(51(43)57-52)42-31-35(24-28-47(42)56-48)37(34-23-27-46-41(30-34)39-18-8-10-21-45(39)55-46)25-22-32-14-11-19-40-38-17-7-9-20-44(38)54(50(32)40)36-15-5-2-6-16-36/h1-21,23-24,26-31,37H,22,25H2. The second-order valence-corrected chi connectivity index (χ2v) is 15.0. The summed E-state index contributed by atoms with van der Waals surface area (Å²) in [5, 5.41) is 6.77. The minimum absolute atomic E-state index is 0.0658. The quantitative estimate of drug-likeness (QED) is 0.164. The Morgan fingerprint density at radius 2 is 1.14 bits per heavy atom. The van der Waals surface area contributed by atoms with Gasteiger partial charge in [-0.3, -0.25) is 0 Å². The number of nitrogens with zero attached hydrogens (tertiary/aromatic N) is 2. The van der Waals surface area contributed by atoms with E-state index < -0.39 is 0 Å². The maximum Gasteiger partial charge on any atom is 0.227 e. The number of oxazole rings is 1. The molecule has 0 amide bonds. The van der Waals surface area contributed by atoms with Gasteiger partial charge in [0.15, 0.2) is 5.58 Å². The van der Waals surface area contributed by atoms with Crippen LogP contribution in [0.15, 0.2) is 189 Å². The molecule has 1 atom stereocenters. The van der Waals surface area contributed by atoms with Crippen molar-refractivity contribution in [1.29, 1.82) is 0 Å². The van der Waals surface area contributed by atoms with Gasteiger partial charge in [0, 0.05) is 44.1 Å². The van der Waals surface area contributed by atoms with E-state index in [9.17, 15) is 0 Å². The fourth-order valence-electron chi connectivity index (χ4n) is 9.11. The maximum atomic E-state index is 6.53. The zero-order valence-electron chi connectivity index (χ0n) is 30.9. The minimum Gasteiger partial charge on any atom is -0.456 e. The molecule has 0 bridgehead atoms. The number of aromatic nitrogens is 2. The smallest absolute Gasteiger partial charge is 0.227 e. The lowest BCUT2D eigenvalue weighted by molar-refractivity contribution is 0.622. The van der Waals surface area contributed by atoms with Crippen molar-refractivity contribution in [2.75, 3.05) is 0 Å². The fourth-order valence-corrected chi connectivity index (χ4v) is 9.11. The average Bonchev–Trinajstić information content (AvgIpc) is 4.05. The number of fused-ring (bicyclic) bond motifs is 11. The van der Waals surface area contributed by atoms with Crippen LogP contribution in [0.25, 0.3) is 93.9 Å². The van der Waals surface area contributed by atoms with Crippen LogP contribution in [-0.2, 0) is 6.42 Å². The summed E-state index contributed by atoms with van der Waals surface area (Å²) in [6, 6.07) is 62.0. The number of hydrogen-bond acceptors (Lipinski definition) is 4. The number of para-hydroxylation sites is 4. The molecule has 5 nitrogen and oxygen atoms in total. The molecule has 270 valence electrons. The van der Waals surface area contributed by atoms with Crippen LogP contribution in [0.1, 0.15) is 29.0 Å². The third-order valence-electron chi connectivity index (χ3n) is 11.7. The molecule has 12 aromatic rings. The van der Waals surface area contributed by atoms with Crippen molar-refractivity contribution < 1.29 is 13.3 Å². The molecular weight excluding hydrogens is 701 g/mol. The zero-order chi connectivity index (χ0) is 37.5. The van der Waals surface area contributed by atoms with Gasteiger partial charge in [-0.2, -0.15) is 0 Å². The van der Waals surface area contributed by atoms with E-state index in [1.807, 2.05) is 54.6 Å². The molecule has 57 heavy (non-hydrogen) atoms.